The highest BCUT2D eigenvalue weighted by Gasteiger charge is 1.95. The van der Waals surface area contributed by atoms with Crippen LogP contribution in [0.4, 0.5) is 0 Å². The Bertz CT molecular complexity index is 241. The van der Waals surface area contributed by atoms with E-state index in [4.69, 9.17) is 5.73 Å². The lowest BCUT2D eigenvalue weighted by molar-refractivity contribution is -0.468. The van der Waals surface area contributed by atoms with Gasteiger partial charge in [-0.25, -0.2) is 0 Å². The van der Waals surface area contributed by atoms with Crippen LogP contribution in [0.3, 0.4) is 0 Å². The van der Waals surface area contributed by atoms with Crippen LogP contribution in [-0.2, 0) is 0 Å². The third-order valence-corrected chi connectivity index (χ3v) is 1.30. The first-order valence-electron chi connectivity index (χ1n) is 3.45. The van der Waals surface area contributed by atoms with Crippen LogP contribution in [0.5, 0.6) is 0 Å². The van der Waals surface area contributed by atoms with Crippen LogP contribution >= 0.6 is 0 Å². The van der Waals surface area contributed by atoms with Crippen molar-refractivity contribution in [3.63, 3.8) is 0 Å². The van der Waals surface area contributed by atoms with E-state index in [1.54, 1.807) is 19.1 Å². The zero-order valence-electron chi connectivity index (χ0n) is 6.99. The molecule has 0 amide bonds. The summed E-state index contributed by atoms with van der Waals surface area (Å²) in [5, 5.41) is 9.96. The quantitative estimate of drug-likeness (QED) is 0.390. The van der Waals surface area contributed by atoms with Crippen LogP contribution in [0, 0.1) is 10.1 Å². The number of nitrogens with two attached hydrogens (primary N) is 1. The molecule has 12 heavy (non-hydrogen) atoms. The van der Waals surface area contributed by atoms with Gasteiger partial charge in [-0.3, -0.25) is 10.1 Å². The standard InChI is InChI=1S/C8H12N2O2/c1-3-4-8(9)7(2)5-6-10(11)12/h3-5H,1,6,9H2,2H3/b7-5-,8-4+. The predicted molar refractivity (Wildman–Crippen MR) is 48.1 cm³/mol. The number of hydrogen-bond donors (Lipinski definition) is 1. The summed E-state index contributed by atoms with van der Waals surface area (Å²) in [6, 6.07) is 0. The molecule has 0 radical (unpaired) electrons. The lowest BCUT2D eigenvalue weighted by Gasteiger charge is -1.97. The first kappa shape index (κ1) is 10.4. The molecule has 4 heteroatoms. The van der Waals surface area contributed by atoms with Gasteiger partial charge in [0.05, 0.1) is 0 Å². The fourth-order valence-electron chi connectivity index (χ4n) is 0.588. The van der Waals surface area contributed by atoms with Gasteiger partial charge >= 0.3 is 0 Å². The monoisotopic (exact) mass is 168 g/mol. The summed E-state index contributed by atoms with van der Waals surface area (Å²) in [6.07, 6.45) is 4.61. The van der Waals surface area contributed by atoms with Gasteiger partial charge in [0.2, 0.25) is 6.54 Å². The average molecular weight is 168 g/mol. The maximum atomic E-state index is 9.96. The predicted octanol–water partition coefficient (Wildman–Crippen LogP) is 1.24. The Morgan fingerprint density at radius 2 is 2.33 bits per heavy atom. The van der Waals surface area contributed by atoms with E-state index in [1.807, 2.05) is 0 Å². The van der Waals surface area contributed by atoms with Gasteiger partial charge in [-0.05, 0) is 24.6 Å². The molecule has 0 saturated heterocycles. The van der Waals surface area contributed by atoms with Crippen molar-refractivity contribution >= 4 is 0 Å². The Morgan fingerprint density at radius 1 is 1.75 bits per heavy atom. The molecule has 0 rings (SSSR count). The highest BCUT2D eigenvalue weighted by atomic mass is 16.6. The molecule has 0 bridgehead atoms. The molecular weight excluding hydrogens is 156 g/mol. The van der Waals surface area contributed by atoms with Gasteiger partial charge in [-0.2, -0.15) is 0 Å². The third kappa shape index (κ3) is 4.27. The van der Waals surface area contributed by atoms with Crippen molar-refractivity contribution in [2.75, 3.05) is 6.54 Å². The molecule has 0 aliphatic rings. The number of nitrogens with zero attached hydrogens (tertiary/aromatic N) is 1. The Kier molecular flexibility index (Phi) is 4.45. The van der Waals surface area contributed by atoms with Crippen molar-refractivity contribution in [1.82, 2.24) is 0 Å². The van der Waals surface area contributed by atoms with E-state index in [-0.39, 0.29) is 6.54 Å². The largest absolute Gasteiger partial charge is 0.399 e. The van der Waals surface area contributed by atoms with Crippen molar-refractivity contribution in [2.24, 2.45) is 5.73 Å². The van der Waals surface area contributed by atoms with Crippen molar-refractivity contribution in [3.05, 3.63) is 46.2 Å². The Morgan fingerprint density at radius 3 is 2.75 bits per heavy atom. The molecule has 0 saturated carbocycles. The van der Waals surface area contributed by atoms with Crippen LogP contribution in [0.2, 0.25) is 0 Å². The molecule has 0 atom stereocenters. The Labute approximate surface area is 71.2 Å². The van der Waals surface area contributed by atoms with Gasteiger partial charge in [0.15, 0.2) is 0 Å². The first-order chi connectivity index (χ1) is 5.57. The Hall–Kier alpha value is -1.58. The van der Waals surface area contributed by atoms with E-state index in [9.17, 15) is 10.1 Å². The summed E-state index contributed by atoms with van der Waals surface area (Å²) in [6.45, 7) is 4.98. The second kappa shape index (κ2) is 5.12. The third-order valence-electron chi connectivity index (χ3n) is 1.30. The van der Waals surface area contributed by atoms with Crippen LogP contribution < -0.4 is 5.73 Å². The molecule has 0 unspecified atom stereocenters. The molecule has 66 valence electrons. The second-order valence-electron chi connectivity index (χ2n) is 2.26. The zero-order valence-corrected chi connectivity index (χ0v) is 6.99. The molecule has 0 aliphatic carbocycles. The van der Waals surface area contributed by atoms with Crippen LogP contribution in [-0.4, -0.2) is 11.5 Å². The summed E-state index contributed by atoms with van der Waals surface area (Å²) < 4.78 is 0. The average Bonchev–Trinajstić information content (AvgIpc) is 2.00. The van der Waals surface area contributed by atoms with E-state index in [0.717, 1.165) is 0 Å². The lowest BCUT2D eigenvalue weighted by Crippen LogP contribution is -2.02. The number of allylic oxidation sites excluding steroid dienone is 3. The molecule has 0 spiro atoms. The highest BCUT2D eigenvalue weighted by molar-refractivity contribution is 5.28. The normalized spacial score (nSPS) is 12.8. The molecular formula is C8H12N2O2. The molecule has 4 nitrogen and oxygen atoms in total. The van der Waals surface area contributed by atoms with Crippen molar-refractivity contribution in [2.45, 2.75) is 6.92 Å². The Balaban J connectivity index is 4.26. The molecule has 0 fully saturated rings. The van der Waals surface area contributed by atoms with Crippen LogP contribution in [0.1, 0.15) is 6.92 Å². The molecule has 0 heterocycles. The van der Waals surface area contributed by atoms with Gasteiger partial charge in [0.25, 0.3) is 0 Å². The maximum absolute atomic E-state index is 9.96. The summed E-state index contributed by atoms with van der Waals surface area (Å²) in [5.74, 6) is 0. The van der Waals surface area contributed by atoms with Gasteiger partial charge in [-0.1, -0.05) is 12.7 Å². The van der Waals surface area contributed by atoms with Crippen molar-refractivity contribution < 1.29 is 4.92 Å². The number of nitro groups is 1. The summed E-state index contributed by atoms with van der Waals surface area (Å²) in [7, 11) is 0. The minimum Gasteiger partial charge on any atom is -0.399 e. The van der Waals surface area contributed by atoms with Crippen molar-refractivity contribution in [1.29, 1.82) is 0 Å². The fraction of sp³-hybridized carbons (Fsp3) is 0.250. The van der Waals surface area contributed by atoms with E-state index < -0.39 is 4.92 Å². The summed E-state index contributed by atoms with van der Waals surface area (Å²) >= 11 is 0. The topological polar surface area (TPSA) is 69.2 Å². The second-order valence-corrected chi connectivity index (χ2v) is 2.26. The molecule has 0 aromatic heterocycles. The van der Waals surface area contributed by atoms with Gasteiger partial charge in [-0.15, -0.1) is 0 Å². The smallest absolute Gasteiger partial charge is 0.222 e. The minimum atomic E-state index is -0.412. The SMILES string of the molecule is C=C/C=C(N)\C(C)=C/C[N+](=O)[O-]. The molecule has 0 aliphatic heterocycles. The highest BCUT2D eigenvalue weighted by Crippen LogP contribution is 2.01. The fourth-order valence-corrected chi connectivity index (χ4v) is 0.588. The first-order valence-corrected chi connectivity index (χ1v) is 3.45. The molecule has 0 aromatic carbocycles. The summed E-state index contributed by atoms with van der Waals surface area (Å²) in [5.41, 5.74) is 6.72. The van der Waals surface area contributed by atoms with Gasteiger partial charge < -0.3 is 5.73 Å². The van der Waals surface area contributed by atoms with Crippen molar-refractivity contribution in [3.8, 4) is 0 Å². The van der Waals surface area contributed by atoms with Crippen LogP contribution in [0.15, 0.2) is 36.1 Å². The zero-order chi connectivity index (χ0) is 9.56. The molecule has 2 N–H and O–H groups in total. The van der Waals surface area contributed by atoms with Gasteiger partial charge in [0, 0.05) is 10.6 Å². The van der Waals surface area contributed by atoms with E-state index in [1.165, 1.54) is 6.08 Å². The van der Waals surface area contributed by atoms with E-state index in [0.29, 0.717) is 11.3 Å². The number of hydrogen-bond acceptors (Lipinski definition) is 3. The molecule has 0 aromatic rings. The van der Waals surface area contributed by atoms with E-state index in [2.05, 4.69) is 6.58 Å². The minimum absolute atomic E-state index is 0.197. The van der Waals surface area contributed by atoms with Crippen LogP contribution in [0.25, 0.3) is 0 Å². The summed E-state index contributed by atoms with van der Waals surface area (Å²) in [4.78, 5) is 9.55. The van der Waals surface area contributed by atoms with E-state index >= 15 is 0 Å². The lowest BCUT2D eigenvalue weighted by atomic mass is 10.2. The van der Waals surface area contributed by atoms with Gasteiger partial charge in [0.1, 0.15) is 0 Å². The maximum Gasteiger partial charge on any atom is 0.222 e. The number of rotatable bonds is 4.